The summed E-state index contributed by atoms with van der Waals surface area (Å²) in [7, 11) is 0. The van der Waals surface area contributed by atoms with E-state index in [9.17, 15) is 9.18 Å². The van der Waals surface area contributed by atoms with E-state index in [4.69, 9.17) is 16.7 Å². The molecule has 0 saturated heterocycles. The predicted octanol–water partition coefficient (Wildman–Crippen LogP) is 5.16. The number of carbonyl (C=O) groups is 1. The van der Waals surface area contributed by atoms with Gasteiger partial charge in [0.05, 0.1) is 17.0 Å². The smallest absolute Gasteiger partial charge is 0.328 e. The number of carboxylic acids is 1. The number of nitrogens with one attached hydrogen (secondary N) is 3. The Balaban J connectivity index is 1.63. The Kier molecular flexibility index (Phi) is 7.14. The molecule has 0 aliphatic rings. The summed E-state index contributed by atoms with van der Waals surface area (Å²) in [6, 6.07) is 11.6. The average Bonchev–Trinajstić information content (AvgIpc) is 3.34. The minimum Gasteiger partial charge on any atom is -0.478 e. The van der Waals surface area contributed by atoms with Crippen LogP contribution in [0.25, 0.3) is 17.2 Å². The fraction of sp³-hybridized carbons (Fsp3) is 0.0833. The number of halogens is 2. The summed E-state index contributed by atoms with van der Waals surface area (Å²) < 4.78 is 13.5. The maximum atomic E-state index is 13.5. The van der Waals surface area contributed by atoms with Crippen molar-refractivity contribution in [1.29, 1.82) is 0 Å². The number of aromatic nitrogens is 4. The van der Waals surface area contributed by atoms with Gasteiger partial charge in [0.15, 0.2) is 0 Å². The van der Waals surface area contributed by atoms with Gasteiger partial charge >= 0.3 is 5.97 Å². The normalized spacial score (nSPS) is 11.0. The van der Waals surface area contributed by atoms with Crippen LogP contribution in [0.4, 0.5) is 21.8 Å². The monoisotopic (exact) mass is 478 g/mol. The Morgan fingerprint density at radius 3 is 2.85 bits per heavy atom. The van der Waals surface area contributed by atoms with E-state index in [1.54, 1.807) is 18.6 Å². The Morgan fingerprint density at radius 2 is 2.09 bits per heavy atom. The molecule has 0 fully saturated rings. The molecule has 0 saturated carbocycles. The number of anilines is 3. The molecule has 4 rings (SSSR count). The van der Waals surface area contributed by atoms with E-state index in [0.717, 1.165) is 28.5 Å². The van der Waals surface area contributed by atoms with Gasteiger partial charge in [-0.1, -0.05) is 29.8 Å². The number of benzene rings is 2. The van der Waals surface area contributed by atoms with Gasteiger partial charge in [0.25, 0.3) is 0 Å². The molecule has 2 aromatic carbocycles. The molecular formula is C24H20ClFN6O2. The molecule has 172 valence electrons. The molecule has 4 aromatic rings. The summed E-state index contributed by atoms with van der Waals surface area (Å²) in [6.45, 7) is 0.565. The number of nitrogens with zero attached hydrogens (tertiary/aromatic N) is 3. The Labute approximate surface area is 199 Å². The molecule has 0 radical (unpaired) electrons. The lowest BCUT2D eigenvalue weighted by molar-refractivity contribution is -0.131. The van der Waals surface area contributed by atoms with Gasteiger partial charge in [-0.25, -0.2) is 19.2 Å². The van der Waals surface area contributed by atoms with E-state index in [1.807, 2.05) is 30.5 Å². The first-order valence-electron chi connectivity index (χ1n) is 10.3. The summed E-state index contributed by atoms with van der Waals surface area (Å²) >= 11 is 5.88. The maximum absolute atomic E-state index is 13.5. The number of rotatable bonds is 9. The molecule has 0 bridgehead atoms. The van der Waals surface area contributed by atoms with Gasteiger partial charge in [0, 0.05) is 42.7 Å². The predicted molar refractivity (Wildman–Crippen MR) is 130 cm³/mol. The first kappa shape index (κ1) is 22.9. The van der Waals surface area contributed by atoms with Crippen LogP contribution in [0.3, 0.4) is 0 Å². The first-order chi connectivity index (χ1) is 16.5. The molecule has 0 aliphatic carbocycles. The van der Waals surface area contributed by atoms with E-state index >= 15 is 0 Å². The van der Waals surface area contributed by atoms with Crippen LogP contribution in [-0.4, -0.2) is 37.6 Å². The van der Waals surface area contributed by atoms with E-state index in [-0.39, 0.29) is 5.02 Å². The molecule has 34 heavy (non-hydrogen) atoms. The number of aromatic amines is 1. The molecule has 2 aromatic heterocycles. The van der Waals surface area contributed by atoms with Crippen molar-refractivity contribution < 1.29 is 14.3 Å². The van der Waals surface area contributed by atoms with Crippen molar-refractivity contribution in [3.05, 3.63) is 89.4 Å². The van der Waals surface area contributed by atoms with Crippen molar-refractivity contribution >= 4 is 41.1 Å². The number of H-pyrrole nitrogens is 1. The second-order valence-corrected chi connectivity index (χ2v) is 7.65. The maximum Gasteiger partial charge on any atom is 0.328 e. The van der Waals surface area contributed by atoms with E-state index in [2.05, 4.69) is 30.6 Å². The third-order valence-electron chi connectivity index (χ3n) is 4.81. The fourth-order valence-corrected chi connectivity index (χ4v) is 3.39. The van der Waals surface area contributed by atoms with Gasteiger partial charge in [0.2, 0.25) is 5.95 Å². The summed E-state index contributed by atoms with van der Waals surface area (Å²) in [6.07, 6.45) is 8.39. The number of aliphatic carboxylic acids is 1. The lowest BCUT2D eigenvalue weighted by Crippen LogP contribution is -2.09. The molecule has 2 heterocycles. The lowest BCUT2D eigenvalue weighted by Gasteiger charge is -2.14. The molecule has 0 atom stereocenters. The summed E-state index contributed by atoms with van der Waals surface area (Å²) in [5.74, 6) is -0.664. The fourth-order valence-electron chi connectivity index (χ4n) is 3.21. The van der Waals surface area contributed by atoms with Gasteiger partial charge in [-0.3, -0.25) is 0 Å². The summed E-state index contributed by atoms with van der Waals surface area (Å²) in [5.41, 5.74) is 3.72. The topological polar surface area (TPSA) is 116 Å². The lowest BCUT2D eigenvalue weighted by atomic mass is 10.0. The highest BCUT2D eigenvalue weighted by Crippen LogP contribution is 2.29. The second-order valence-electron chi connectivity index (χ2n) is 7.24. The molecule has 0 amide bonds. The molecule has 10 heteroatoms. The summed E-state index contributed by atoms with van der Waals surface area (Å²) in [4.78, 5) is 27.0. The molecular weight excluding hydrogens is 459 g/mol. The van der Waals surface area contributed by atoms with Gasteiger partial charge < -0.3 is 20.7 Å². The van der Waals surface area contributed by atoms with Crippen LogP contribution in [-0.2, 0) is 11.2 Å². The third-order valence-corrected chi connectivity index (χ3v) is 5.10. The van der Waals surface area contributed by atoms with E-state index < -0.39 is 11.8 Å². The third kappa shape index (κ3) is 5.96. The molecule has 0 aliphatic heterocycles. The Morgan fingerprint density at radius 1 is 1.21 bits per heavy atom. The quantitative estimate of drug-likeness (QED) is 0.246. The van der Waals surface area contributed by atoms with Crippen LogP contribution in [0.15, 0.2) is 67.3 Å². The second kappa shape index (κ2) is 10.6. The van der Waals surface area contributed by atoms with Crippen molar-refractivity contribution in [2.75, 3.05) is 17.2 Å². The van der Waals surface area contributed by atoms with Crippen LogP contribution >= 0.6 is 11.6 Å². The minimum atomic E-state index is -1.02. The zero-order valence-corrected chi connectivity index (χ0v) is 18.6. The molecule has 0 spiro atoms. The van der Waals surface area contributed by atoms with Crippen LogP contribution < -0.4 is 10.6 Å². The van der Waals surface area contributed by atoms with Crippen molar-refractivity contribution in [3.63, 3.8) is 0 Å². The van der Waals surface area contributed by atoms with Crippen LogP contribution in [0.2, 0.25) is 5.02 Å². The van der Waals surface area contributed by atoms with Crippen LogP contribution in [0.5, 0.6) is 0 Å². The minimum absolute atomic E-state index is 0.00907. The highest BCUT2D eigenvalue weighted by molar-refractivity contribution is 6.31. The first-order valence-corrected chi connectivity index (χ1v) is 10.7. The van der Waals surface area contributed by atoms with Crippen molar-refractivity contribution in [2.24, 2.45) is 0 Å². The van der Waals surface area contributed by atoms with Gasteiger partial charge in [0.1, 0.15) is 11.6 Å². The highest BCUT2D eigenvalue weighted by Gasteiger charge is 2.11. The summed E-state index contributed by atoms with van der Waals surface area (Å²) in [5, 5.41) is 15.3. The SMILES string of the molecule is O=C(O)C=Cc1cccc(-c2cnc(Nc3ccc(F)c(Cl)c3)nc2NCCc2c[nH]cn2)c1. The molecule has 0 unspecified atom stereocenters. The zero-order chi connectivity index (χ0) is 23.9. The van der Waals surface area contributed by atoms with Crippen molar-refractivity contribution in [1.82, 2.24) is 19.9 Å². The number of hydrogen-bond donors (Lipinski definition) is 4. The van der Waals surface area contributed by atoms with Gasteiger partial charge in [-0.05, 0) is 41.5 Å². The zero-order valence-electron chi connectivity index (χ0n) is 17.8. The van der Waals surface area contributed by atoms with Gasteiger partial charge in [-0.15, -0.1) is 0 Å². The molecule has 8 nitrogen and oxygen atoms in total. The number of hydrogen-bond acceptors (Lipinski definition) is 6. The van der Waals surface area contributed by atoms with Crippen LogP contribution in [0, 0.1) is 5.82 Å². The number of carboxylic acid groups (broad SMARTS) is 1. The Hall–Kier alpha value is -4.24. The van der Waals surface area contributed by atoms with E-state index in [0.29, 0.717) is 30.4 Å². The van der Waals surface area contributed by atoms with Gasteiger partial charge in [-0.2, -0.15) is 4.98 Å². The highest BCUT2D eigenvalue weighted by atomic mass is 35.5. The van der Waals surface area contributed by atoms with E-state index in [1.165, 1.54) is 18.2 Å². The van der Waals surface area contributed by atoms with Crippen LogP contribution in [0.1, 0.15) is 11.3 Å². The van der Waals surface area contributed by atoms with Crippen molar-refractivity contribution in [2.45, 2.75) is 6.42 Å². The van der Waals surface area contributed by atoms with Crippen molar-refractivity contribution in [3.8, 4) is 11.1 Å². The average molecular weight is 479 g/mol. The standard InChI is InChI=1S/C24H20ClFN6O2/c25-20-11-17(5-6-21(20)26)31-24-29-13-19(16-3-1-2-15(10-16)4-7-22(33)34)23(32-24)28-9-8-18-12-27-14-30-18/h1-7,10-14H,8-9H2,(H,27,30)(H,33,34)(H2,28,29,31,32). The number of imidazole rings is 1. The molecule has 4 N–H and O–H groups in total. The Bertz CT molecular complexity index is 1330. The largest absolute Gasteiger partial charge is 0.478 e.